The van der Waals surface area contributed by atoms with Crippen molar-refractivity contribution in [3.8, 4) is 0 Å². The third kappa shape index (κ3) is 3.70. The van der Waals surface area contributed by atoms with Crippen LogP contribution in [0.25, 0.3) is 16.6 Å². The zero-order valence-corrected chi connectivity index (χ0v) is 13.0. The zero-order valence-electron chi connectivity index (χ0n) is 12.2. The number of nitrogens with zero attached hydrogens (tertiary/aromatic N) is 4. The van der Waals surface area contributed by atoms with E-state index >= 15 is 0 Å². The van der Waals surface area contributed by atoms with Gasteiger partial charge in [0.1, 0.15) is 5.15 Å². The smallest absolute Gasteiger partial charge is 0.129 e. The molecule has 0 atom stereocenters. The topological polar surface area (TPSA) is 77.0 Å². The maximum Gasteiger partial charge on any atom is 0.129 e. The number of hydrogen-bond acceptors (Lipinski definition) is 5. The average Bonchev–Trinajstić information content (AvgIpc) is 2.59. The minimum absolute atomic E-state index is 0.432. The van der Waals surface area contributed by atoms with E-state index in [1.165, 1.54) is 6.20 Å². The Kier molecular flexibility index (Phi) is 4.59. The standard InChI is InChI=1S/C17H14ClN5/c18-17-2-1-15-16(23-17)7-13(11-22-15)14(8-19)10-21-9-12-3-5-20-6-4-12/h1-8,10-11H,9,19H2. The number of fused-ring (bicyclic) bond motifs is 1. The van der Waals surface area contributed by atoms with Gasteiger partial charge < -0.3 is 5.73 Å². The summed E-state index contributed by atoms with van der Waals surface area (Å²) in [6, 6.07) is 9.29. The lowest BCUT2D eigenvalue weighted by atomic mass is 10.1. The highest BCUT2D eigenvalue weighted by Crippen LogP contribution is 2.18. The van der Waals surface area contributed by atoms with Gasteiger partial charge in [-0.1, -0.05) is 11.6 Å². The number of nitrogens with two attached hydrogens (primary N) is 1. The van der Waals surface area contributed by atoms with Crippen molar-refractivity contribution in [2.24, 2.45) is 10.7 Å². The summed E-state index contributed by atoms with van der Waals surface area (Å²) in [5.41, 5.74) is 9.92. The first-order chi connectivity index (χ1) is 11.3. The lowest BCUT2D eigenvalue weighted by Crippen LogP contribution is -1.94. The molecule has 114 valence electrons. The first-order valence-corrected chi connectivity index (χ1v) is 7.37. The highest BCUT2D eigenvalue weighted by molar-refractivity contribution is 6.29. The highest BCUT2D eigenvalue weighted by atomic mass is 35.5. The number of allylic oxidation sites excluding steroid dienone is 1. The summed E-state index contributed by atoms with van der Waals surface area (Å²) in [6.45, 7) is 0.560. The van der Waals surface area contributed by atoms with E-state index in [-0.39, 0.29) is 0 Å². The molecule has 2 N–H and O–H groups in total. The fourth-order valence-electron chi connectivity index (χ4n) is 2.09. The minimum atomic E-state index is 0.432. The first kappa shape index (κ1) is 15.1. The van der Waals surface area contributed by atoms with Crippen LogP contribution in [0.3, 0.4) is 0 Å². The van der Waals surface area contributed by atoms with Crippen LogP contribution < -0.4 is 5.73 Å². The SMILES string of the molecule is NC=C(C=NCc1ccncc1)c1cnc2ccc(Cl)nc2c1. The summed E-state index contributed by atoms with van der Waals surface area (Å²) < 4.78 is 0. The summed E-state index contributed by atoms with van der Waals surface area (Å²) in [6.07, 6.45) is 8.47. The zero-order chi connectivity index (χ0) is 16.1. The Balaban J connectivity index is 1.83. The highest BCUT2D eigenvalue weighted by Gasteiger charge is 2.03. The summed E-state index contributed by atoms with van der Waals surface area (Å²) in [5.74, 6) is 0. The van der Waals surface area contributed by atoms with Gasteiger partial charge >= 0.3 is 0 Å². The molecule has 0 aliphatic rings. The monoisotopic (exact) mass is 323 g/mol. The van der Waals surface area contributed by atoms with Crippen LogP contribution in [0, 0.1) is 0 Å². The molecular weight excluding hydrogens is 310 g/mol. The molecule has 0 spiro atoms. The summed E-state index contributed by atoms with van der Waals surface area (Å²) in [7, 11) is 0. The Morgan fingerprint density at radius 3 is 2.78 bits per heavy atom. The maximum atomic E-state index is 5.93. The number of hydrogen-bond donors (Lipinski definition) is 1. The van der Waals surface area contributed by atoms with E-state index in [1.807, 2.05) is 24.3 Å². The van der Waals surface area contributed by atoms with Gasteiger partial charge in [0.25, 0.3) is 0 Å². The molecule has 3 rings (SSSR count). The van der Waals surface area contributed by atoms with Crippen LogP contribution >= 0.6 is 11.6 Å². The number of rotatable bonds is 4. The minimum Gasteiger partial charge on any atom is -0.404 e. The van der Waals surface area contributed by atoms with Gasteiger partial charge in [0.05, 0.1) is 17.6 Å². The second-order valence-corrected chi connectivity index (χ2v) is 5.23. The van der Waals surface area contributed by atoms with Crippen molar-refractivity contribution in [2.75, 3.05) is 0 Å². The van der Waals surface area contributed by atoms with E-state index in [4.69, 9.17) is 17.3 Å². The van der Waals surface area contributed by atoms with Crippen molar-refractivity contribution in [3.63, 3.8) is 0 Å². The molecule has 3 heterocycles. The Bertz CT molecular complexity index is 875. The van der Waals surface area contributed by atoms with Crippen molar-refractivity contribution in [2.45, 2.75) is 6.54 Å². The first-order valence-electron chi connectivity index (χ1n) is 6.99. The second kappa shape index (κ2) is 6.98. The molecule has 0 aliphatic heterocycles. The molecule has 3 aromatic rings. The molecule has 23 heavy (non-hydrogen) atoms. The molecule has 0 amide bonds. The predicted octanol–water partition coefficient (Wildman–Crippen LogP) is 3.25. The van der Waals surface area contributed by atoms with Gasteiger partial charge in [0.15, 0.2) is 0 Å². The molecule has 0 saturated heterocycles. The molecule has 3 aromatic heterocycles. The molecule has 0 saturated carbocycles. The van der Waals surface area contributed by atoms with E-state index in [1.54, 1.807) is 30.9 Å². The van der Waals surface area contributed by atoms with Crippen LogP contribution in [0.1, 0.15) is 11.1 Å². The Morgan fingerprint density at radius 2 is 2.00 bits per heavy atom. The van der Waals surface area contributed by atoms with E-state index < -0.39 is 0 Å². The lowest BCUT2D eigenvalue weighted by molar-refractivity contribution is 1.07. The van der Waals surface area contributed by atoms with E-state index in [9.17, 15) is 0 Å². The molecule has 0 radical (unpaired) electrons. The number of aliphatic imine (C=N–C) groups is 1. The third-order valence-electron chi connectivity index (χ3n) is 3.27. The van der Waals surface area contributed by atoms with Gasteiger partial charge in [-0.3, -0.25) is 15.0 Å². The molecular formula is C17H14ClN5. The molecule has 0 bridgehead atoms. The number of aromatic nitrogens is 3. The van der Waals surface area contributed by atoms with Gasteiger partial charge in [0, 0.05) is 42.1 Å². The van der Waals surface area contributed by atoms with E-state index in [2.05, 4.69) is 19.9 Å². The van der Waals surface area contributed by atoms with Crippen LogP contribution in [0.15, 0.2) is 60.1 Å². The Hall–Kier alpha value is -2.79. The van der Waals surface area contributed by atoms with Gasteiger partial charge in [-0.05, 0) is 35.9 Å². The van der Waals surface area contributed by atoms with Crippen molar-refractivity contribution in [3.05, 3.63) is 71.4 Å². The molecule has 0 aromatic carbocycles. The van der Waals surface area contributed by atoms with Crippen LogP contribution in [-0.2, 0) is 6.54 Å². The average molecular weight is 324 g/mol. The quantitative estimate of drug-likeness (QED) is 0.590. The van der Waals surface area contributed by atoms with Crippen LogP contribution in [0.5, 0.6) is 0 Å². The molecule has 0 unspecified atom stereocenters. The lowest BCUT2D eigenvalue weighted by Gasteiger charge is -2.03. The Labute approximate surface area is 138 Å². The van der Waals surface area contributed by atoms with E-state index in [0.29, 0.717) is 11.7 Å². The fourth-order valence-corrected chi connectivity index (χ4v) is 2.25. The van der Waals surface area contributed by atoms with Gasteiger partial charge in [-0.2, -0.15) is 0 Å². The summed E-state index contributed by atoms with van der Waals surface area (Å²) in [5, 5.41) is 0.432. The van der Waals surface area contributed by atoms with Gasteiger partial charge in [0.2, 0.25) is 0 Å². The van der Waals surface area contributed by atoms with E-state index in [0.717, 1.165) is 27.7 Å². The molecule has 5 nitrogen and oxygen atoms in total. The maximum absolute atomic E-state index is 5.93. The third-order valence-corrected chi connectivity index (χ3v) is 3.48. The van der Waals surface area contributed by atoms with Crippen molar-refractivity contribution in [1.29, 1.82) is 0 Å². The normalized spacial score (nSPS) is 12.1. The largest absolute Gasteiger partial charge is 0.404 e. The number of halogens is 1. The van der Waals surface area contributed by atoms with Gasteiger partial charge in [-0.15, -0.1) is 0 Å². The summed E-state index contributed by atoms with van der Waals surface area (Å²) >= 11 is 5.93. The van der Waals surface area contributed by atoms with Crippen molar-refractivity contribution in [1.82, 2.24) is 15.0 Å². The van der Waals surface area contributed by atoms with Crippen molar-refractivity contribution < 1.29 is 0 Å². The molecule has 6 heteroatoms. The fraction of sp³-hybridized carbons (Fsp3) is 0.0588. The van der Waals surface area contributed by atoms with Crippen molar-refractivity contribution >= 4 is 34.4 Å². The second-order valence-electron chi connectivity index (χ2n) is 4.84. The van der Waals surface area contributed by atoms with Crippen LogP contribution in [0.4, 0.5) is 0 Å². The number of pyridine rings is 3. The van der Waals surface area contributed by atoms with Gasteiger partial charge in [-0.25, -0.2) is 4.98 Å². The molecule has 0 fully saturated rings. The van der Waals surface area contributed by atoms with Crippen LogP contribution in [0.2, 0.25) is 5.15 Å². The molecule has 0 aliphatic carbocycles. The Morgan fingerprint density at radius 1 is 1.17 bits per heavy atom. The van der Waals surface area contributed by atoms with Crippen LogP contribution in [-0.4, -0.2) is 21.2 Å². The summed E-state index contributed by atoms with van der Waals surface area (Å²) in [4.78, 5) is 17.0. The predicted molar refractivity (Wildman–Crippen MR) is 93.1 cm³/mol.